The molecule has 0 saturated carbocycles. The Bertz CT molecular complexity index is 974. The van der Waals surface area contributed by atoms with E-state index in [-0.39, 0.29) is 11.8 Å². The quantitative estimate of drug-likeness (QED) is 0.645. The number of methoxy groups -OCH3 is 2. The minimum absolute atomic E-state index is 0.144. The van der Waals surface area contributed by atoms with E-state index < -0.39 is 11.6 Å². The normalized spacial score (nSPS) is 10.4. The van der Waals surface area contributed by atoms with Crippen LogP contribution in [0.25, 0.3) is 0 Å². The van der Waals surface area contributed by atoms with Crippen LogP contribution in [0.15, 0.2) is 36.5 Å². The Morgan fingerprint density at radius 1 is 0.963 bits per heavy atom. The van der Waals surface area contributed by atoms with E-state index in [1.807, 2.05) is 0 Å². The molecule has 3 rings (SSSR count). The molecule has 3 aromatic rings. The highest BCUT2D eigenvalue weighted by Crippen LogP contribution is 2.36. The summed E-state index contributed by atoms with van der Waals surface area (Å²) in [4.78, 5) is 4.23. The van der Waals surface area contributed by atoms with Crippen molar-refractivity contribution in [1.29, 1.82) is 0 Å². The largest absolute Gasteiger partial charge is 0.495 e. The fourth-order valence-electron chi connectivity index (χ4n) is 2.22. The van der Waals surface area contributed by atoms with Crippen LogP contribution in [0, 0.1) is 11.6 Å². The maximum absolute atomic E-state index is 13.3. The summed E-state index contributed by atoms with van der Waals surface area (Å²) < 4.78 is 36.8. The summed E-state index contributed by atoms with van der Waals surface area (Å²) in [6.45, 7) is 0. The first kappa shape index (κ1) is 18.6. The Balaban J connectivity index is 1.85. The summed E-state index contributed by atoms with van der Waals surface area (Å²) in [5.41, 5.74) is 0.816. The van der Waals surface area contributed by atoms with Crippen LogP contribution in [0.2, 0.25) is 5.02 Å². The molecule has 0 fully saturated rings. The van der Waals surface area contributed by atoms with E-state index in [2.05, 4.69) is 25.8 Å². The number of aromatic nitrogens is 3. The van der Waals surface area contributed by atoms with Crippen LogP contribution >= 0.6 is 11.6 Å². The van der Waals surface area contributed by atoms with E-state index in [9.17, 15) is 8.78 Å². The Morgan fingerprint density at radius 3 is 2.44 bits per heavy atom. The SMILES string of the molecule is COc1cc(Nc2nncc(Nc3ccc(F)c(F)c3)n2)c(OC)cc1Cl. The van der Waals surface area contributed by atoms with Gasteiger partial charge in [0.05, 0.1) is 31.1 Å². The Hall–Kier alpha value is -3.20. The van der Waals surface area contributed by atoms with E-state index in [1.165, 1.54) is 26.5 Å². The molecule has 27 heavy (non-hydrogen) atoms. The molecule has 0 aliphatic rings. The second-order valence-corrected chi connectivity index (χ2v) is 5.64. The third-order valence-corrected chi connectivity index (χ3v) is 3.77. The van der Waals surface area contributed by atoms with Gasteiger partial charge in [0.15, 0.2) is 17.5 Å². The van der Waals surface area contributed by atoms with Crippen LogP contribution in [0.5, 0.6) is 11.5 Å². The number of benzene rings is 2. The first-order valence-electron chi connectivity index (χ1n) is 7.60. The van der Waals surface area contributed by atoms with E-state index in [0.717, 1.165) is 12.1 Å². The van der Waals surface area contributed by atoms with Gasteiger partial charge in [0.1, 0.15) is 11.5 Å². The van der Waals surface area contributed by atoms with Gasteiger partial charge in [-0.2, -0.15) is 10.1 Å². The lowest BCUT2D eigenvalue weighted by atomic mass is 10.2. The summed E-state index contributed by atoms with van der Waals surface area (Å²) in [7, 11) is 2.98. The topological polar surface area (TPSA) is 81.2 Å². The van der Waals surface area contributed by atoms with Crippen LogP contribution in [0.1, 0.15) is 0 Å². The van der Waals surface area contributed by atoms with Gasteiger partial charge in [0.2, 0.25) is 5.95 Å². The smallest absolute Gasteiger partial charge is 0.249 e. The van der Waals surface area contributed by atoms with Crippen molar-refractivity contribution in [2.45, 2.75) is 0 Å². The van der Waals surface area contributed by atoms with Crippen LogP contribution < -0.4 is 20.1 Å². The number of nitrogens with zero attached hydrogens (tertiary/aromatic N) is 3. The predicted octanol–water partition coefficient (Wildman–Crippen LogP) is 4.31. The lowest BCUT2D eigenvalue weighted by Crippen LogP contribution is -2.04. The van der Waals surface area contributed by atoms with Crippen LogP contribution in [0.4, 0.5) is 31.9 Å². The van der Waals surface area contributed by atoms with Gasteiger partial charge in [0.25, 0.3) is 0 Å². The van der Waals surface area contributed by atoms with E-state index >= 15 is 0 Å². The first-order chi connectivity index (χ1) is 13.0. The van der Waals surface area contributed by atoms with Gasteiger partial charge in [-0.3, -0.25) is 0 Å². The molecule has 140 valence electrons. The molecule has 1 heterocycles. The molecule has 0 unspecified atom stereocenters. The van der Waals surface area contributed by atoms with Crippen LogP contribution in [-0.2, 0) is 0 Å². The van der Waals surface area contributed by atoms with Crippen molar-refractivity contribution >= 4 is 34.7 Å². The number of halogens is 3. The highest BCUT2D eigenvalue weighted by molar-refractivity contribution is 6.32. The fraction of sp³-hybridized carbons (Fsp3) is 0.118. The van der Waals surface area contributed by atoms with E-state index in [1.54, 1.807) is 12.1 Å². The standard InChI is InChI=1S/C17H14ClF2N5O2/c1-26-14-7-13(15(27-2)6-10(14)18)23-17-24-16(8-21-25-17)22-9-3-4-11(19)12(20)5-9/h3-8H,1-2H3,(H2,22,23,24,25). The fourth-order valence-corrected chi connectivity index (χ4v) is 2.45. The number of anilines is 4. The second kappa shape index (κ2) is 8.00. The average Bonchev–Trinajstić information content (AvgIpc) is 2.66. The molecule has 2 N–H and O–H groups in total. The Morgan fingerprint density at radius 2 is 1.74 bits per heavy atom. The van der Waals surface area contributed by atoms with Crippen molar-refractivity contribution < 1.29 is 18.3 Å². The molecule has 0 atom stereocenters. The zero-order valence-corrected chi connectivity index (χ0v) is 15.0. The molecule has 0 bridgehead atoms. The zero-order valence-electron chi connectivity index (χ0n) is 14.3. The van der Waals surface area contributed by atoms with E-state index in [4.69, 9.17) is 21.1 Å². The van der Waals surface area contributed by atoms with Crippen molar-refractivity contribution in [3.63, 3.8) is 0 Å². The molecule has 0 aliphatic heterocycles. The highest BCUT2D eigenvalue weighted by Gasteiger charge is 2.12. The summed E-state index contributed by atoms with van der Waals surface area (Å²) in [5, 5.41) is 13.9. The van der Waals surface area contributed by atoms with Gasteiger partial charge in [-0.25, -0.2) is 8.78 Å². The molecule has 0 radical (unpaired) electrons. The van der Waals surface area contributed by atoms with Gasteiger partial charge in [-0.1, -0.05) is 11.6 Å². The lowest BCUT2D eigenvalue weighted by Gasteiger charge is -2.13. The molecular formula is C17H14ClF2N5O2. The van der Waals surface area contributed by atoms with Crippen LogP contribution in [0.3, 0.4) is 0 Å². The minimum Gasteiger partial charge on any atom is -0.495 e. The van der Waals surface area contributed by atoms with Gasteiger partial charge >= 0.3 is 0 Å². The number of rotatable bonds is 6. The minimum atomic E-state index is -0.974. The first-order valence-corrected chi connectivity index (χ1v) is 7.98. The van der Waals surface area contributed by atoms with Crippen molar-refractivity contribution in [2.24, 2.45) is 0 Å². The maximum atomic E-state index is 13.3. The average molecular weight is 394 g/mol. The third-order valence-electron chi connectivity index (χ3n) is 3.47. The second-order valence-electron chi connectivity index (χ2n) is 5.23. The third kappa shape index (κ3) is 4.32. The lowest BCUT2D eigenvalue weighted by molar-refractivity contribution is 0.405. The molecule has 10 heteroatoms. The van der Waals surface area contributed by atoms with Gasteiger partial charge in [-0.05, 0) is 12.1 Å². The van der Waals surface area contributed by atoms with Gasteiger partial charge < -0.3 is 20.1 Å². The molecule has 2 aromatic carbocycles. The number of hydrogen-bond acceptors (Lipinski definition) is 7. The van der Waals surface area contributed by atoms with Crippen molar-refractivity contribution in [2.75, 3.05) is 24.9 Å². The predicted molar refractivity (Wildman–Crippen MR) is 97.3 cm³/mol. The van der Waals surface area contributed by atoms with Gasteiger partial charge in [0, 0.05) is 23.9 Å². The zero-order chi connectivity index (χ0) is 19.4. The van der Waals surface area contributed by atoms with Crippen molar-refractivity contribution in [3.05, 3.63) is 53.2 Å². The number of ether oxygens (including phenoxy) is 2. The summed E-state index contributed by atoms with van der Waals surface area (Å²) in [5.74, 6) is -0.609. The Kier molecular flexibility index (Phi) is 5.51. The number of nitrogens with one attached hydrogen (secondary N) is 2. The molecule has 0 spiro atoms. The summed E-state index contributed by atoms with van der Waals surface area (Å²) in [6, 6.07) is 6.61. The highest BCUT2D eigenvalue weighted by atomic mass is 35.5. The maximum Gasteiger partial charge on any atom is 0.249 e. The Labute approximate surface area is 158 Å². The monoisotopic (exact) mass is 393 g/mol. The summed E-state index contributed by atoms with van der Waals surface area (Å²) in [6.07, 6.45) is 1.34. The van der Waals surface area contributed by atoms with Crippen molar-refractivity contribution in [1.82, 2.24) is 15.2 Å². The van der Waals surface area contributed by atoms with Crippen molar-refractivity contribution in [3.8, 4) is 11.5 Å². The molecule has 1 aromatic heterocycles. The number of hydrogen-bond donors (Lipinski definition) is 2. The van der Waals surface area contributed by atoms with Gasteiger partial charge in [-0.15, -0.1) is 5.10 Å². The van der Waals surface area contributed by atoms with E-state index in [0.29, 0.717) is 27.9 Å². The molecule has 7 nitrogen and oxygen atoms in total. The van der Waals surface area contributed by atoms with Crippen LogP contribution in [-0.4, -0.2) is 29.4 Å². The molecule has 0 saturated heterocycles. The molecule has 0 aliphatic carbocycles. The molecular weight excluding hydrogens is 380 g/mol. The molecule has 0 amide bonds. The summed E-state index contributed by atoms with van der Waals surface area (Å²) >= 11 is 6.08.